The summed E-state index contributed by atoms with van der Waals surface area (Å²) in [4.78, 5) is 0. The van der Waals surface area contributed by atoms with Gasteiger partial charge < -0.3 is 5.32 Å². The molecular formula is C11H17N3. The zero-order valence-electron chi connectivity index (χ0n) is 8.88. The molecule has 14 heavy (non-hydrogen) atoms. The highest BCUT2D eigenvalue weighted by atomic mass is 15.3. The lowest BCUT2D eigenvalue weighted by Gasteiger charge is -1.96. The average Bonchev–Trinajstić information content (AvgIpc) is 2.63. The number of nitrogens with zero attached hydrogens (tertiary/aromatic N) is 2. The predicted molar refractivity (Wildman–Crippen MR) is 57.9 cm³/mol. The Balaban J connectivity index is 2.37. The summed E-state index contributed by atoms with van der Waals surface area (Å²) in [5, 5.41) is 7.36. The van der Waals surface area contributed by atoms with Gasteiger partial charge in [0.05, 0.1) is 6.20 Å². The number of hydrogen-bond acceptors (Lipinski definition) is 2. The van der Waals surface area contributed by atoms with Crippen LogP contribution < -0.4 is 5.32 Å². The zero-order chi connectivity index (χ0) is 10.2. The van der Waals surface area contributed by atoms with E-state index in [1.807, 2.05) is 24.9 Å². The van der Waals surface area contributed by atoms with Crippen LogP contribution in [0.2, 0.25) is 0 Å². The molecule has 0 saturated carbocycles. The molecule has 0 unspecified atom stereocenters. The Labute approximate surface area is 85.5 Å². The molecule has 1 aromatic rings. The molecule has 1 aromatic heterocycles. The van der Waals surface area contributed by atoms with Crippen molar-refractivity contribution in [3.05, 3.63) is 18.0 Å². The zero-order valence-corrected chi connectivity index (χ0v) is 8.88. The fourth-order valence-electron chi connectivity index (χ4n) is 1.25. The van der Waals surface area contributed by atoms with Gasteiger partial charge in [0.1, 0.15) is 6.54 Å². The van der Waals surface area contributed by atoms with E-state index < -0.39 is 0 Å². The summed E-state index contributed by atoms with van der Waals surface area (Å²) in [5.74, 6) is 5.84. The molecule has 3 heteroatoms. The highest BCUT2D eigenvalue weighted by molar-refractivity contribution is 5.05. The Bertz CT molecular complexity index is 317. The third-order valence-electron chi connectivity index (χ3n) is 2.00. The topological polar surface area (TPSA) is 29.9 Å². The first-order valence-electron chi connectivity index (χ1n) is 4.92. The van der Waals surface area contributed by atoms with E-state index in [4.69, 9.17) is 0 Å². The second-order valence-electron chi connectivity index (χ2n) is 3.18. The highest BCUT2D eigenvalue weighted by Crippen LogP contribution is 2.00. The Hall–Kier alpha value is -1.27. The molecule has 76 valence electrons. The van der Waals surface area contributed by atoms with E-state index in [1.165, 1.54) is 5.56 Å². The van der Waals surface area contributed by atoms with E-state index in [-0.39, 0.29) is 0 Å². The van der Waals surface area contributed by atoms with Gasteiger partial charge in [-0.25, -0.2) is 0 Å². The van der Waals surface area contributed by atoms with Crippen LogP contribution >= 0.6 is 0 Å². The van der Waals surface area contributed by atoms with Crippen molar-refractivity contribution in [2.24, 2.45) is 0 Å². The number of aromatic nitrogens is 2. The second-order valence-corrected chi connectivity index (χ2v) is 3.18. The maximum absolute atomic E-state index is 4.23. The third kappa shape index (κ3) is 3.63. The molecule has 1 heterocycles. The van der Waals surface area contributed by atoms with Crippen LogP contribution in [-0.4, -0.2) is 23.4 Å². The van der Waals surface area contributed by atoms with Gasteiger partial charge in [-0.05, 0) is 38.9 Å². The smallest absolute Gasteiger partial charge is 0.102 e. The standard InChI is InChI=1S/C11H17N3/c1-3-4-8-14-10-11(9-13-14)6-5-7-12-2/h9-10,12H,5-8H2,1-2H3. The van der Waals surface area contributed by atoms with Gasteiger partial charge in [-0.3, -0.25) is 4.68 Å². The van der Waals surface area contributed by atoms with E-state index in [0.29, 0.717) is 6.54 Å². The van der Waals surface area contributed by atoms with Crippen LogP contribution in [0, 0.1) is 11.8 Å². The van der Waals surface area contributed by atoms with Gasteiger partial charge >= 0.3 is 0 Å². The lowest BCUT2D eigenvalue weighted by Crippen LogP contribution is -2.08. The summed E-state index contributed by atoms with van der Waals surface area (Å²) in [5.41, 5.74) is 1.29. The van der Waals surface area contributed by atoms with Gasteiger partial charge in [0.2, 0.25) is 0 Å². The number of nitrogens with one attached hydrogen (secondary N) is 1. The number of hydrogen-bond donors (Lipinski definition) is 1. The lowest BCUT2D eigenvalue weighted by atomic mass is 10.2. The van der Waals surface area contributed by atoms with Gasteiger partial charge in [0.25, 0.3) is 0 Å². The van der Waals surface area contributed by atoms with Crippen LogP contribution in [-0.2, 0) is 13.0 Å². The Morgan fingerprint density at radius 3 is 3.14 bits per heavy atom. The molecule has 0 aliphatic carbocycles. The molecule has 0 fully saturated rings. The maximum Gasteiger partial charge on any atom is 0.102 e. The molecule has 0 radical (unpaired) electrons. The average molecular weight is 191 g/mol. The quantitative estimate of drug-likeness (QED) is 0.557. The fourth-order valence-corrected chi connectivity index (χ4v) is 1.25. The molecular weight excluding hydrogens is 174 g/mol. The van der Waals surface area contributed by atoms with E-state index in [0.717, 1.165) is 19.4 Å². The monoisotopic (exact) mass is 191 g/mol. The van der Waals surface area contributed by atoms with Crippen molar-refractivity contribution in [1.82, 2.24) is 15.1 Å². The van der Waals surface area contributed by atoms with Crippen molar-refractivity contribution >= 4 is 0 Å². The van der Waals surface area contributed by atoms with Gasteiger partial charge in [-0.1, -0.05) is 5.92 Å². The summed E-state index contributed by atoms with van der Waals surface area (Å²) >= 11 is 0. The van der Waals surface area contributed by atoms with Crippen LogP contribution in [0.5, 0.6) is 0 Å². The third-order valence-corrected chi connectivity index (χ3v) is 2.00. The van der Waals surface area contributed by atoms with Crippen LogP contribution in [0.1, 0.15) is 18.9 Å². The van der Waals surface area contributed by atoms with Gasteiger partial charge in [-0.2, -0.15) is 5.10 Å². The minimum Gasteiger partial charge on any atom is -0.320 e. The summed E-state index contributed by atoms with van der Waals surface area (Å²) in [6, 6.07) is 0. The van der Waals surface area contributed by atoms with Crippen molar-refractivity contribution in [2.75, 3.05) is 13.6 Å². The van der Waals surface area contributed by atoms with Crippen molar-refractivity contribution in [1.29, 1.82) is 0 Å². The minimum absolute atomic E-state index is 0.697. The summed E-state index contributed by atoms with van der Waals surface area (Å²) < 4.78 is 1.88. The molecule has 0 bridgehead atoms. The number of aryl methyl sites for hydroxylation is 1. The van der Waals surface area contributed by atoms with Gasteiger partial charge in [0.15, 0.2) is 0 Å². The molecule has 0 saturated heterocycles. The molecule has 0 aliphatic heterocycles. The van der Waals surface area contributed by atoms with E-state index in [1.54, 1.807) is 0 Å². The van der Waals surface area contributed by atoms with E-state index in [9.17, 15) is 0 Å². The van der Waals surface area contributed by atoms with Crippen molar-refractivity contribution in [3.8, 4) is 11.8 Å². The summed E-state index contributed by atoms with van der Waals surface area (Å²) in [7, 11) is 1.97. The first-order valence-corrected chi connectivity index (χ1v) is 4.92. The Kier molecular flexibility index (Phi) is 4.81. The van der Waals surface area contributed by atoms with Crippen LogP contribution in [0.4, 0.5) is 0 Å². The lowest BCUT2D eigenvalue weighted by molar-refractivity contribution is 0.709. The molecule has 1 N–H and O–H groups in total. The van der Waals surface area contributed by atoms with E-state index >= 15 is 0 Å². The van der Waals surface area contributed by atoms with Crippen molar-refractivity contribution in [2.45, 2.75) is 26.3 Å². The minimum atomic E-state index is 0.697. The molecule has 0 aliphatic rings. The van der Waals surface area contributed by atoms with Crippen LogP contribution in [0.3, 0.4) is 0 Å². The molecule has 0 aromatic carbocycles. The normalized spacial score (nSPS) is 9.57. The molecule has 1 rings (SSSR count). The predicted octanol–water partition coefficient (Wildman–Crippen LogP) is 1.06. The SMILES string of the molecule is CC#CCn1cc(CCCNC)cn1. The van der Waals surface area contributed by atoms with Crippen LogP contribution in [0.25, 0.3) is 0 Å². The molecule has 0 amide bonds. The maximum atomic E-state index is 4.23. The fraction of sp³-hybridized carbons (Fsp3) is 0.545. The Morgan fingerprint density at radius 2 is 2.43 bits per heavy atom. The molecule has 0 spiro atoms. The highest BCUT2D eigenvalue weighted by Gasteiger charge is 1.96. The summed E-state index contributed by atoms with van der Waals surface area (Å²) in [6.45, 7) is 3.60. The van der Waals surface area contributed by atoms with Crippen molar-refractivity contribution in [3.63, 3.8) is 0 Å². The van der Waals surface area contributed by atoms with Crippen LogP contribution in [0.15, 0.2) is 12.4 Å². The molecule has 3 nitrogen and oxygen atoms in total. The molecule has 0 atom stereocenters. The van der Waals surface area contributed by atoms with Crippen molar-refractivity contribution < 1.29 is 0 Å². The first kappa shape index (κ1) is 10.8. The second kappa shape index (κ2) is 6.22. The van der Waals surface area contributed by atoms with Gasteiger partial charge in [0, 0.05) is 6.20 Å². The summed E-state index contributed by atoms with van der Waals surface area (Å²) in [6.07, 6.45) is 6.23. The first-order chi connectivity index (χ1) is 6.86. The number of rotatable bonds is 5. The largest absolute Gasteiger partial charge is 0.320 e. The van der Waals surface area contributed by atoms with E-state index in [2.05, 4.69) is 28.5 Å². The Morgan fingerprint density at radius 1 is 1.57 bits per heavy atom. The van der Waals surface area contributed by atoms with Gasteiger partial charge in [-0.15, -0.1) is 5.92 Å².